The highest BCUT2D eigenvalue weighted by Gasteiger charge is 2.25. The summed E-state index contributed by atoms with van der Waals surface area (Å²) in [5.74, 6) is 6.68. The predicted molar refractivity (Wildman–Crippen MR) is 49.5 cm³/mol. The van der Waals surface area contributed by atoms with Gasteiger partial charge in [0.25, 0.3) is 0 Å². The Balaban J connectivity index is 2.40. The van der Waals surface area contributed by atoms with Gasteiger partial charge >= 0.3 is 0 Å². The van der Waals surface area contributed by atoms with Crippen LogP contribution < -0.4 is 11.3 Å². The minimum Gasteiger partial charge on any atom is -0.381 e. The maximum atomic E-state index is 5.50. The van der Waals surface area contributed by atoms with Crippen LogP contribution in [0.4, 0.5) is 0 Å². The molecule has 0 aromatic rings. The fraction of sp³-hybridized carbons (Fsp3) is 1.00. The molecule has 0 spiro atoms. The summed E-state index contributed by atoms with van der Waals surface area (Å²) in [5.41, 5.74) is 2.89. The van der Waals surface area contributed by atoms with Crippen LogP contribution in [0.1, 0.15) is 26.7 Å². The average molecular weight is 172 g/mol. The molecule has 1 rings (SSSR count). The van der Waals surface area contributed by atoms with Gasteiger partial charge in [-0.25, -0.2) is 0 Å². The first-order chi connectivity index (χ1) is 5.75. The molecule has 3 nitrogen and oxygen atoms in total. The molecule has 2 atom stereocenters. The van der Waals surface area contributed by atoms with Crippen molar-refractivity contribution in [2.75, 3.05) is 13.2 Å². The van der Waals surface area contributed by atoms with Gasteiger partial charge in [-0.3, -0.25) is 11.3 Å². The molecule has 0 radical (unpaired) electrons. The monoisotopic (exact) mass is 172 g/mol. The topological polar surface area (TPSA) is 47.3 Å². The first kappa shape index (κ1) is 9.96. The van der Waals surface area contributed by atoms with E-state index in [1.54, 1.807) is 0 Å². The maximum Gasteiger partial charge on any atom is 0.0509 e. The van der Waals surface area contributed by atoms with Gasteiger partial charge in [0.05, 0.1) is 6.61 Å². The minimum absolute atomic E-state index is 0.408. The van der Waals surface area contributed by atoms with E-state index in [0.717, 1.165) is 13.2 Å². The van der Waals surface area contributed by atoms with E-state index in [0.29, 0.717) is 17.9 Å². The Bertz CT molecular complexity index is 122. The Morgan fingerprint density at radius 1 is 1.50 bits per heavy atom. The number of hydrogen-bond donors (Lipinski definition) is 2. The molecule has 0 bridgehead atoms. The van der Waals surface area contributed by atoms with Gasteiger partial charge in [0, 0.05) is 12.6 Å². The van der Waals surface area contributed by atoms with E-state index in [1.807, 2.05) is 0 Å². The molecule has 2 unspecified atom stereocenters. The predicted octanol–water partition coefficient (Wildman–Crippen LogP) is 0.901. The average Bonchev–Trinajstić information content (AvgIpc) is 2.07. The van der Waals surface area contributed by atoms with E-state index >= 15 is 0 Å². The fourth-order valence-corrected chi connectivity index (χ4v) is 1.92. The summed E-state index contributed by atoms with van der Waals surface area (Å²) in [4.78, 5) is 0. The normalized spacial score (nSPS) is 27.5. The second-order valence-corrected chi connectivity index (χ2v) is 3.91. The van der Waals surface area contributed by atoms with E-state index in [-0.39, 0.29) is 0 Å². The van der Waals surface area contributed by atoms with Crippen LogP contribution in [0.25, 0.3) is 0 Å². The van der Waals surface area contributed by atoms with Crippen molar-refractivity contribution in [1.29, 1.82) is 0 Å². The largest absolute Gasteiger partial charge is 0.381 e. The summed E-state index contributed by atoms with van der Waals surface area (Å²) >= 11 is 0. The number of nitrogens with one attached hydrogen (secondary N) is 1. The van der Waals surface area contributed by atoms with Crippen molar-refractivity contribution in [3.63, 3.8) is 0 Å². The van der Waals surface area contributed by atoms with Gasteiger partial charge in [0.15, 0.2) is 0 Å². The number of hydrazine groups is 1. The van der Waals surface area contributed by atoms with Gasteiger partial charge in [0.1, 0.15) is 0 Å². The molecule has 0 saturated carbocycles. The standard InChI is InChI=1S/C9H20N2O/c1-7(2)9(11-10)8-4-3-5-12-6-8/h7-9,11H,3-6,10H2,1-2H3. The molecule has 0 amide bonds. The molecule has 1 aliphatic rings. The highest BCUT2D eigenvalue weighted by molar-refractivity contribution is 4.78. The number of nitrogens with two attached hydrogens (primary N) is 1. The van der Waals surface area contributed by atoms with E-state index < -0.39 is 0 Å². The van der Waals surface area contributed by atoms with Gasteiger partial charge in [-0.2, -0.15) is 0 Å². The Hall–Kier alpha value is -0.120. The summed E-state index contributed by atoms with van der Waals surface area (Å²) < 4.78 is 5.42. The summed E-state index contributed by atoms with van der Waals surface area (Å²) in [6.07, 6.45) is 2.42. The molecule has 1 saturated heterocycles. The lowest BCUT2D eigenvalue weighted by molar-refractivity contribution is 0.0315. The zero-order valence-electron chi connectivity index (χ0n) is 8.05. The van der Waals surface area contributed by atoms with Crippen molar-refractivity contribution < 1.29 is 4.74 Å². The quantitative estimate of drug-likeness (QED) is 0.491. The summed E-state index contributed by atoms with van der Waals surface area (Å²) in [6.45, 7) is 6.18. The Morgan fingerprint density at radius 2 is 2.25 bits per heavy atom. The highest BCUT2D eigenvalue weighted by Crippen LogP contribution is 2.21. The lowest BCUT2D eigenvalue weighted by Gasteiger charge is -2.32. The van der Waals surface area contributed by atoms with Crippen molar-refractivity contribution >= 4 is 0 Å². The van der Waals surface area contributed by atoms with Crippen molar-refractivity contribution in [3.05, 3.63) is 0 Å². The Morgan fingerprint density at radius 3 is 2.67 bits per heavy atom. The van der Waals surface area contributed by atoms with E-state index in [2.05, 4.69) is 19.3 Å². The van der Waals surface area contributed by atoms with Crippen molar-refractivity contribution in [1.82, 2.24) is 5.43 Å². The second-order valence-electron chi connectivity index (χ2n) is 3.91. The summed E-state index contributed by atoms with van der Waals surface area (Å²) in [7, 11) is 0. The lowest BCUT2D eigenvalue weighted by Crippen LogP contribution is -2.47. The van der Waals surface area contributed by atoms with Gasteiger partial charge < -0.3 is 4.74 Å². The summed E-state index contributed by atoms with van der Waals surface area (Å²) in [6, 6.07) is 0.408. The third-order valence-electron chi connectivity index (χ3n) is 2.61. The molecule has 1 fully saturated rings. The summed E-state index contributed by atoms with van der Waals surface area (Å²) in [5, 5.41) is 0. The van der Waals surface area contributed by atoms with Crippen LogP contribution in [-0.2, 0) is 4.74 Å². The minimum atomic E-state index is 0.408. The zero-order valence-corrected chi connectivity index (χ0v) is 8.05. The first-order valence-corrected chi connectivity index (χ1v) is 4.79. The second kappa shape index (κ2) is 4.80. The number of ether oxygens (including phenoxy) is 1. The molecule has 1 aliphatic heterocycles. The molecular weight excluding hydrogens is 152 g/mol. The molecule has 12 heavy (non-hydrogen) atoms. The van der Waals surface area contributed by atoms with Crippen LogP contribution in [-0.4, -0.2) is 19.3 Å². The van der Waals surface area contributed by atoms with Crippen LogP contribution in [0, 0.1) is 11.8 Å². The van der Waals surface area contributed by atoms with Crippen molar-refractivity contribution in [2.24, 2.45) is 17.7 Å². The molecule has 0 aromatic heterocycles. The van der Waals surface area contributed by atoms with Gasteiger partial charge in [0.2, 0.25) is 0 Å². The lowest BCUT2D eigenvalue weighted by atomic mass is 9.87. The van der Waals surface area contributed by atoms with E-state index in [4.69, 9.17) is 10.6 Å². The number of hydrogen-bond acceptors (Lipinski definition) is 3. The third kappa shape index (κ3) is 2.44. The Labute approximate surface area is 74.6 Å². The van der Waals surface area contributed by atoms with E-state index in [1.165, 1.54) is 12.8 Å². The molecule has 3 heteroatoms. The van der Waals surface area contributed by atoms with Crippen LogP contribution in [0.3, 0.4) is 0 Å². The van der Waals surface area contributed by atoms with Gasteiger partial charge in [-0.15, -0.1) is 0 Å². The molecule has 1 heterocycles. The zero-order chi connectivity index (χ0) is 8.97. The van der Waals surface area contributed by atoms with E-state index in [9.17, 15) is 0 Å². The van der Waals surface area contributed by atoms with Crippen LogP contribution in [0.2, 0.25) is 0 Å². The fourth-order valence-electron chi connectivity index (χ4n) is 1.92. The molecule has 0 aromatic carbocycles. The SMILES string of the molecule is CC(C)C(NN)C1CCCOC1. The molecule has 0 aliphatic carbocycles. The highest BCUT2D eigenvalue weighted by atomic mass is 16.5. The third-order valence-corrected chi connectivity index (χ3v) is 2.61. The molecule has 3 N–H and O–H groups in total. The molecule has 72 valence electrons. The maximum absolute atomic E-state index is 5.50. The van der Waals surface area contributed by atoms with Crippen LogP contribution in [0.5, 0.6) is 0 Å². The smallest absolute Gasteiger partial charge is 0.0509 e. The van der Waals surface area contributed by atoms with Crippen molar-refractivity contribution in [2.45, 2.75) is 32.7 Å². The van der Waals surface area contributed by atoms with Crippen molar-refractivity contribution in [3.8, 4) is 0 Å². The molecular formula is C9H20N2O. The number of rotatable bonds is 3. The Kier molecular flexibility index (Phi) is 3.98. The van der Waals surface area contributed by atoms with Gasteiger partial charge in [-0.1, -0.05) is 13.8 Å². The van der Waals surface area contributed by atoms with Crippen LogP contribution in [0.15, 0.2) is 0 Å². The first-order valence-electron chi connectivity index (χ1n) is 4.79. The van der Waals surface area contributed by atoms with Crippen LogP contribution >= 0.6 is 0 Å². The van der Waals surface area contributed by atoms with Gasteiger partial charge in [-0.05, 0) is 24.7 Å².